The number of carbonyl (C=O) groups is 1. The van der Waals surface area contributed by atoms with Gasteiger partial charge >= 0.3 is 0 Å². The number of amides is 1. The van der Waals surface area contributed by atoms with Crippen molar-refractivity contribution in [3.63, 3.8) is 0 Å². The minimum absolute atomic E-state index is 0.0193. The second-order valence-corrected chi connectivity index (χ2v) is 6.68. The van der Waals surface area contributed by atoms with Gasteiger partial charge in [-0.1, -0.05) is 12.1 Å². The fourth-order valence-corrected chi connectivity index (χ4v) is 3.59. The summed E-state index contributed by atoms with van der Waals surface area (Å²) in [5.74, 6) is 0.0553. The molecule has 1 aliphatic rings. The van der Waals surface area contributed by atoms with Crippen molar-refractivity contribution in [3.05, 3.63) is 28.8 Å². The minimum Gasteiger partial charge on any atom is -0.379 e. The van der Waals surface area contributed by atoms with E-state index >= 15 is 0 Å². The molecule has 0 aromatic carbocycles. The summed E-state index contributed by atoms with van der Waals surface area (Å²) < 4.78 is 9.22. The van der Waals surface area contributed by atoms with Crippen LogP contribution in [0.3, 0.4) is 0 Å². The summed E-state index contributed by atoms with van der Waals surface area (Å²) in [6, 6.07) is 0. The van der Waals surface area contributed by atoms with Crippen LogP contribution in [0.25, 0.3) is 0 Å². The van der Waals surface area contributed by atoms with E-state index < -0.39 is 0 Å². The minimum atomic E-state index is -0.0769. The van der Waals surface area contributed by atoms with Gasteiger partial charge in [0.05, 0.1) is 29.0 Å². The predicted octanol–water partition coefficient (Wildman–Crippen LogP) is 1.29. The molecule has 3 rings (SSSR count). The first-order valence-electron chi connectivity index (χ1n) is 8.68. The molecule has 2 aromatic heterocycles. The molecule has 2 atom stereocenters. The molecule has 136 valence electrons. The molecule has 0 N–H and O–H groups in total. The van der Waals surface area contributed by atoms with Crippen LogP contribution in [-0.2, 0) is 18.3 Å². The van der Waals surface area contributed by atoms with E-state index in [0.717, 1.165) is 30.0 Å². The van der Waals surface area contributed by atoms with E-state index in [1.165, 1.54) is 0 Å². The Morgan fingerprint density at radius 1 is 1.36 bits per heavy atom. The van der Waals surface area contributed by atoms with Gasteiger partial charge in [-0.15, -0.1) is 5.10 Å². The van der Waals surface area contributed by atoms with Crippen molar-refractivity contribution in [1.82, 2.24) is 29.7 Å². The second kappa shape index (κ2) is 6.95. The van der Waals surface area contributed by atoms with Crippen molar-refractivity contribution in [3.8, 4) is 0 Å². The van der Waals surface area contributed by atoms with Gasteiger partial charge in [-0.3, -0.25) is 14.2 Å². The Hall–Kier alpha value is -2.22. The number of likely N-dealkylation sites (tertiary alicyclic amines) is 1. The van der Waals surface area contributed by atoms with Crippen LogP contribution in [0.5, 0.6) is 0 Å². The Kier molecular flexibility index (Phi) is 4.89. The third-order valence-electron chi connectivity index (χ3n) is 4.89. The number of carbonyl (C=O) groups excluding carboxylic acids is 1. The van der Waals surface area contributed by atoms with E-state index in [4.69, 9.17) is 4.74 Å². The molecule has 1 amide bonds. The highest BCUT2D eigenvalue weighted by Gasteiger charge is 2.39. The van der Waals surface area contributed by atoms with Crippen LogP contribution in [0.4, 0.5) is 0 Å². The zero-order valence-corrected chi connectivity index (χ0v) is 15.6. The zero-order chi connectivity index (χ0) is 18.1. The number of aromatic nitrogens is 5. The normalized spacial score (nSPS) is 20.4. The molecular weight excluding hydrogens is 320 g/mol. The molecule has 3 heterocycles. The van der Waals surface area contributed by atoms with Crippen LogP contribution in [-0.4, -0.2) is 61.9 Å². The van der Waals surface area contributed by atoms with E-state index in [2.05, 4.69) is 22.3 Å². The molecular formula is C17H26N6O2. The Bertz CT molecular complexity index is 765. The molecule has 0 radical (unpaired) electrons. The van der Waals surface area contributed by atoms with Crippen LogP contribution >= 0.6 is 0 Å². The predicted molar refractivity (Wildman–Crippen MR) is 92.4 cm³/mol. The van der Waals surface area contributed by atoms with E-state index in [9.17, 15) is 4.79 Å². The van der Waals surface area contributed by atoms with Gasteiger partial charge < -0.3 is 9.64 Å². The molecule has 25 heavy (non-hydrogen) atoms. The van der Waals surface area contributed by atoms with Crippen molar-refractivity contribution < 1.29 is 9.53 Å². The van der Waals surface area contributed by atoms with Gasteiger partial charge in [0.2, 0.25) is 0 Å². The van der Waals surface area contributed by atoms with Crippen LogP contribution in [0.1, 0.15) is 46.7 Å². The van der Waals surface area contributed by atoms with Crippen molar-refractivity contribution in [2.24, 2.45) is 7.05 Å². The maximum absolute atomic E-state index is 13.1. The summed E-state index contributed by atoms with van der Waals surface area (Å²) in [6.07, 6.45) is 2.80. The fraction of sp³-hybridized carbons (Fsp3) is 0.647. The Labute approximate surface area is 147 Å². The number of hydrogen-bond acceptors (Lipinski definition) is 5. The lowest BCUT2D eigenvalue weighted by Gasteiger charge is -2.16. The average Bonchev–Trinajstić information content (AvgIpc) is 3.25. The highest BCUT2D eigenvalue weighted by atomic mass is 16.5. The first-order valence-corrected chi connectivity index (χ1v) is 8.68. The number of nitrogens with zero attached hydrogens (tertiary/aromatic N) is 6. The number of methoxy groups -OCH3 is 1. The molecule has 1 fully saturated rings. The Morgan fingerprint density at radius 3 is 2.72 bits per heavy atom. The summed E-state index contributed by atoms with van der Waals surface area (Å²) in [7, 11) is 3.52. The lowest BCUT2D eigenvalue weighted by Crippen LogP contribution is -2.30. The van der Waals surface area contributed by atoms with Crippen LogP contribution in [0.2, 0.25) is 0 Å². The van der Waals surface area contributed by atoms with Gasteiger partial charge in [0.25, 0.3) is 5.91 Å². The first kappa shape index (κ1) is 17.6. The maximum Gasteiger partial charge on any atom is 0.257 e. The highest BCUT2D eigenvalue weighted by molar-refractivity contribution is 5.96. The van der Waals surface area contributed by atoms with Gasteiger partial charge in [0, 0.05) is 45.7 Å². The maximum atomic E-state index is 13.1. The number of rotatable bonds is 5. The molecule has 8 heteroatoms. The van der Waals surface area contributed by atoms with Crippen molar-refractivity contribution in [2.45, 2.75) is 45.8 Å². The quantitative estimate of drug-likeness (QED) is 0.815. The summed E-state index contributed by atoms with van der Waals surface area (Å²) in [5.41, 5.74) is 3.29. The second-order valence-electron chi connectivity index (χ2n) is 6.68. The van der Waals surface area contributed by atoms with Crippen LogP contribution < -0.4 is 0 Å². The van der Waals surface area contributed by atoms with Gasteiger partial charge in [0.15, 0.2) is 0 Å². The summed E-state index contributed by atoms with van der Waals surface area (Å²) in [6.45, 7) is 7.92. The van der Waals surface area contributed by atoms with Gasteiger partial charge in [-0.05, 0) is 20.3 Å². The van der Waals surface area contributed by atoms with Crippen LogP contribution in [0.15, 0.2) is 6.20 Å². The molecule has 1 saturated heterocycles. The molecule has 0 spiro atoms. The molecule has 0 unspecified atom stereocenters. The summed E-state index contributed by atoms with van der Waals surface area (Å²) in [4.78, 5) is 15.0. The van der Waals surface area contributed by atoms with E-state index in [1.807, 2.05) is 36.7 Å². The van der Waals surface area contributed by atoms with Gasteiger partial charge in [-0.2, -0.15) is 5.10 Å². The van der Waals surface area contributed by atoms with Crippen molar-refractivity contribution in [2.75, 3.05) is 20.2 Å². The molecule has 0 saturated carbocycles. The molecule has 0 aliphatic carbocycles. The SMILES string of the molecule is CCCn1nc(C)c(C(=O)N2C[C@@H](OC)[C@H](c3cn(C)nn3)C2)c1C. The van der Waals surface area contributed by atoms with E-state index in [-0.39, 0.29) is 17.9 Å². The number of ether oxygens (including phenoxy) is 1. The monoisotopic (exact) mass is 346 g/mol. The molecule has 0 bridgehead atoms. The van der Waals surface area contributed by atoms with Gasteiger partial charge in [0.1, 0.15) is 0 Å². The Balaban J connectivity index is 1.84. The molecule has 2 aromatic rings. The topological polar surface area (TPSA) is 78.1 Å². The molecule has 8 nitrogen and oxygen atoms in total. The summed E-state index contributed by atoms with van der Waals surface area (Å²) >= 11 is 0. The number of aryl methyl sites for hydroxylation is 3. The largest absolute Gasteiger partial charge is 0.379 e. The van der Waals surface area contributed by atoms with E-state index in [0.29, 0.717) is 18.7 Å². The highest BCUT2D eigenvalue weighted by Crippen LogP contribution is 2.30. The van der Waals surface area contributed by atoms with Gasteiger partial charge in [-0.25, -0.2) is 0 Å². The van der Waals surface area contributed by atoms with E-state index in [1.54, 1.807) is 11.8 Å². The average molecular weight is 346 g/mol. The molecule has 1 aliphatic heterocycles. The lowest BCUT2D eigenvalue weighted by atomic mass is 10.0. The number of hydrogen-bond donors (Lipinski definition) is 0. The third kappa shape index (κ3) is 3.18. The Morgan fingerprint density at radius 2 is 2.12 bits per heavy atom. The zero-order valence-electron chi connectivity index (χ0n) is 15.6. The van der Waals surface area contributed by atoms with Crippen molar-refractivity contribution in [1.29, 1.82) is 0 Å². The summed E-state index contributed by atoms with van der Waals surface area (Å²) in [5, 5.41) is 12.7. The lowest BCUT2D eigenvalue weighted by molar-refractivity contribution is 0.0713. The van der Waals surface area contributed by atoms with Crippen LogP contribution in [0, 0.1) is 13.8 Å². The third-order valence-corrected chi connectivity index (χ3v) is 4.89. The standard InChI is InChI=1S/C17H26N6O2/c1-6-7-23-12(3)16(11(2)19-23)17(24)22-8-13(15(10-22)25-5)14-9-21(4)20-18-14/h9,13,15H,6-8,10H2,1-5H3/t13-,15+/m0/s1. The fourth-order valence-electron chi connectivity index (χ4n) is 3.59. The first-order chi connectivity index (χ1) is 12.0. The smallest absolute Gasteiger partial charge is 0.257 e. The van der Waals surface area contributed by atoms with Crippen molar-refractivity contribution >= 4 is 5.91 Å².